The summed E-state index contributed by atoms with van der Waals surface area (Å²) in [6.45, 7) is 5.47. The van der Waals surface area contributed by atoms with E-state index in [-0.39, 0.29) is 22.6 Å². The number of hydrogen-bond donors (Lipinski definition) is 0. The van der Waals surface area contributed by atoms with Crippen molar-refractivity contribution in [1.82, 2.24) is 14.6 Å². The molecule has 0 amide bonds. The van der Waals surface area contributed by atoms with E-state index in [2.05, 4.69) is 17.0 Å². The summed E-state index contributed by atoms with van der Waals surface area (Å²) in [7, 11) is 1.59. The maximum Gasteiger partial charge on any atom is 0.296 e. The van der Waals surface area contributed by atoms with Crippen molar-refractivity contribution < 1.29 is 14.2 Å². The van der Waals surface area contributed by atoms with Crippen LogP contribution in [0.3, 0.4) is 0 Å². The first-order valence-electron chi connectivity index (χ1n) is 12.5. The average Bonchev–Trinajstić information content (AvgIpc) is 3.20. The van der Waals surface area contributed by atoms with Crippen molar-refractivity contribution in [3.63, 3.8) is 0 Å². The monoisotopic (exact) mass is 521 g/mol. The quantitative estimate of drug-likeness (QED) is 0.260. The van der Waals surface area contributed by atoms with Crippen molar-refractivity contribution in [3.8, 4) is 17.2 Å². The summed E-state index contributed by atoms with van der Waals surface area (Å²) in [5, 5.41) is 4.34. The minimum absolute atomic E-state index is 0.215. The molecular weight excluding hydrogens is 490 g/mol. The van der Waals surface area contributed by atoms with Gasteiger partial charge in [0, 0.05) is 6.42 Å². The molecule has 4 aromatic rings. The minimum atomic E-state index is -0.439. The third-order valence-corrected chi connectivity index (χ3v) is 6.67. The molecule has 0 atom stereocenters. The average molecular weight is 522 g/mol. The zero-order valence-corrected chi connectivity index (χ0v) is 22.2. The fourth-order valence-electron chi connectivity index (χ4n) is 3.75. The van der Waals surface area contributed by atoms with Crippen LogP contribution in [0.15, 0.2) is 52.1 Å². The molecule has 0 aliphatic rings. The summed E-state index contributed by atoms with van der Waals surface area (Å²) in [6.07, 6.45) is 6.16. The minimum Gasteiger partial charge on any atom is -0.494 e. The Hall–Kier alpha value is -3.72. The summed E-state index contributed by atoms with van der Waals surface area (Å²) < 4.78 is 18.6. The van der Waals surface area contributed by atoms with Crippen molar-refractivity contribution in [1.29, 1.82) is 0 Å². The van der Waals surface area contributed by atoms with Gasteiger partial charge in [0.1, 0.15) is 11.4 Å². The van der Waals surface area contributed by atoms with E-state index in [1.165, 1.54) is 4.52 Å². The molecule has 0 aliphatic heterocycles. The van der Waals surface area contributed by atoms with Crippen molar-refractivity contribution in [3.05, 3.63) is 84.5 Å². The zero-order valence-electron chi connectivity index (χ0n) is 21.4. The molecule has 2 aromatic heterocycles. The van der Waals surface area contributed by atoms with E-state index in [9.17, 15) is 9.59 Å². The topological polar surface area (TPSA) is 92.0 Å². The molecule has 9 heteroatoms. The van der Waals surface area contributed by atoms with Crippen LogP contribution in [0.2, 0.25) is 0 Å². The van der Waals surface area contributed by atoms with Gasteiger partial charge in [0.05, 0.1) is 24.9 Å². The number of hydrogen-bond acceptors (Lipinski definition) is 8. The Bertz CT molecular complexity index is 1510. The molecule has 0 aliphatic carbocycles. The van der Waals surface area contributed by atoms with Gasteiger partial charge in [-0.25, -0.2) is 0 Å². The highest BCUT2D eigenvalue weighted by atomic mass is 32.1. The van der Waals surface area contributed by atoms with Crippen LogP contribution in [-0.2, 0) is 6.42 Å². The molecule has 37 heavy (non-hydrogen) atoms. The smallest absolute Gasteiger partial charge is 0.296 e. The van der Waals surface area contributed by atoms with E-state index in [4.69, 9.17) is 14.2 Å². The Morgan fingerprint density at radius 1 is 0.946 bits per heavy atom. The van der Waals surface area contributed by atoms with E-state index < -0.39 is 5.56 Å². The number of thiazole rings is 1. The van der Waals surface area contributed by atoms with E-state index in [1.54, 1.807) is 13.2 Å². The van der Waals surface area contributed by atoms with Crippen LogP contribution in [0.25, 0.3) is 11.0 Å². The number of methoxy groups -OCH3 is 1. The summed E-state index contributed by atoms with van der Waals surface area (Å²) in [5.41, 5.74) is 1.11. The van der Waals surface area contributed by atoms with E-state index in [0.717, 1.165) is 53.9 Å². The van der Waals surface area contributed by atoms with Gasteiger partial charge >= 0.3 is 0 Å². The number of nitrogens with zero attached hydrogens (tertiary/aromatic N) is 3. The Balaban J connectivity index is 1.59. The fraction of sp³-hybridized carbons (Fsp3) is 0.357. The highest BCUT2D eigenvalue weighted by Gasteiger charge is 2.12. The van der Waals surface area contributed by atoms with Gasteiger partial charge in [0.2, 0.25) is 4.96 Å². The molecule has 2 aromatic carbocycles. The van der Waals surface area contributed by atoms with Crippen LogP contribution in [-0.4, -0.2) is 34.9 Å². The fourth-order valence-corrected chi connectivity index (χ4v) is 4.65. The normalized spacial score (nSPS) is 11.7. The Morgan fingerprint density at radius 3 is 2.49 bits per heavy atom. The third-order valence-electron chi connectivity index (χ3n) is 5.71. The number of ether oxygens (including phenoxy) is 3. The standard InChI is InChI=1S/C28H31N3O5S/c1-4-6-7-15-36-23-13-10-20(17-24(23)34-3)18-25-27(33)31-28(37-25)29-26(32)22(30-31)16-19-8-11-21(12-9-19)35-14-5-2/h8-13,17-18H,4-7,14-16H2,1-3H3. The Labute approximate surface area is 219 Å². The maximum absolute atomic E-state index is 13.1. The van der Waals surface area contributed by atoms with Gasteiger partial charge in [-0.15, -0.1) is 0 Å². The number of aromatic nitrogens is 3. The molecule has 4 rings (SSSR count). The molecule has 0 fully saturated rings. The first kappa shape index (κ1) is 26.3. The number of rotatable bonds is 12. The highest BCUT2D eigenvalue weighted by Crippen LogP contribution is 2.28. The highest BCUT2D eigenvalue weighted by molar-refractivity contribution is 7.15. The second-order valence-corrected chi connectivity index (χ2v) is 9.62. The largest absolute Gasteiger partial charge is 0.494 e. The SMILES string of the molecule is CCCCCOc1ccc(C=c2sc3nc(=O)c(Cc4ccc(OCCC)cc4)nn3c2=O)cc1OC. The summed E-state index contributed by atoms with van der Waals surface area (Å²) in [6, 6.07) is 13.0. The van der Waals surface area contributed by atoms with Gasteiger partial charge in [-0.1, -0.05) is 56.2 Å². The number of unbranched alkanes of at least 4 members (excludes halogenated alkanes) is 2. The second kappa shape index (κ2) is 12.5. The second-order valence-electron chi connectivity index (χ2n) is 8.61. The molecule has 0 radical (unpaired) electrons. The molecule has 0 spiro atoms. The van der Waals surface area contributed by atoms with Gasteiger partial charge in [-0.2, -0.15) is 14.6 Å². The van der Waals surface area contributed by atoms with E-state index >= 15 is 0 Å². The summed E-state index contributed by atoms with van der Waals surface area (Å²) in [5.74, 6) is 2.03. The van der Waals surface area contributed by atoms with Crippen LogP contribution in [0, 0.1) is 0 Å². The van der Waals surface area contributed by atoms with Crippen LogP contribution in [0.4, 0.5) is 0 Å². The lowest BCUT2D eigenvalue weighted by atomic mass is 10.1. The van der Waals surface area contributed by atoms with Crippen LogP contribution in [0.5, 0.6) is 17.2 Å². The molecule has 0 unspecified atom stereocenters. The van der Waals surface area contributed by atoms with Crippen molar-refractivity contribution >= 4 is 22.4 Å². The van der Waals surface area contributed by atoms with Gasteiger partial charge in [-0.05, 0) is 54.3 Å². The van der Waals surface area contributed by atoms with Crippen molar-refractivity contribution in [2.45, 2.75) is 46.0 Å². The van der Waals surface area contributed by atoms with Gasteiger partial charge in [0.15, 0.2) is 11.5 Å². The molecule has 8 nitrogen and oxygen atoms in total. The van der Waals surface area contributed by atoms with Crippen LogP contribution < -0.4 is 29.9 Å². The Morgan fingerprint density at radius 2 is 1.76 bits per heavy atom. The third kappa shape index (κ3) is 6.54. The predicted octanol–water partition coefficient (Wildman–Crippen LogP) is 4.02. The molecule has 0 N–H and O–H groups in total. The first-order chi connectivity index (χ1) is 18.0. The molecular formula is C28H31N3O5S. The predicted molar refractivity (Wildman–Crippen MR) is 145 cm³/mol. The van der Waals surface area contributed by atoms with Gasteiger partial charge < -0.3 is 14.2 Å². The van der Waals surface area contributed by atoms with Crippen LogP contribution in [0.1, 0.15) is 56.4 Å². The lowest BCUT2D eigenvalue weighted by Gasteiger charge is -2.11. The molecule has 0 saturated carbocycles. The molecule has 194 valence electrons. The lowest BCUT2D eigenvalue weighted by Crippen LogP contribution is -2.28. The Kier molecular flexibility index (Phi) is 8.90. The molecule has 2 heterocycles. The summed E-state index contributed by atoms with van der Waals surface area (Å²) in [4.78, 5) is 30.1. The van der Waals surface area contributed by atoms with Crippen LogP contribution >= 0.6 is 11.3 Å². The maximum atomic E-state index is 13.1. The van der Waals surface area contributed by atoms with E-state index in [0.29, 0.717) is 29.2 Å². The molecule has 0 saturated heterocycles. The number of fused-ring (bicyclic) bond motifs is 1. The van der Waals surface area contributed by atoms with Crippen molar-refractivity contribution in [2.24, 2.45) is 0 Å². The zero-order chi connectivity index (χ0) is 26.2. The van der Waals surface area contributed by atoms with Gasteiger partial charge in [-0.3, -0.25) is 9.59 Å². The molecule has 0 bridgehead atoms. The van der Waals surface area contributed by atoms with E-state index in [1.807, 2.05) is 49.4 Å². The lowest BCUT2D eigenvalue weighted by molar-refractivity contribution is 0.286. The first-order valence-corrected chi connectivity index (χ1v) is 13.3. The van der Waals surface area contributed by atoms with Crippen molar-refractivity contribution in [2.75, 3.05) is 20.3 Å². The number of benzene rings is 2. The van der Waals surface area contributed by atoms with Gasteiger partial charge in [0.25, 0.3) is 11.1 Å². The summed E-state index contributed by atoms with van der Waals surface area (Å²) >= 11 is 1.13.